The minimum atomic E-state index is -0.0936. The van der Waals surface area contributed by atoms with E-state index in [0.29, 0.717) is 5.69 Å². The number of carbonyl (C=O) groups excluding carboxylic acids is 1. The molecule has 6 heteroatoms. The molecular weight excluding hydrogens is 312 g/mol. The summed E-state index contributed by atoms with van der Waals surface area (Å²) in [4.78, 5) is 14.6. The molecule has 122 valence electrons. The van der Waals surface area contributed by atoms with Crippen molar-refractivity contribution in [1.82, 2.24) is 20.0 Å². The van der Waals surface area contributed by atoms with Gasteiger partial charge in [0.25, 0.3) is 5.91 Å². The molecule has 1 aromatic carbocycles. The van der Waals surface area contributed by atoms with E-state index in [9.17, 15) is 4.79 Å². The molecule has 1 aromatic heterocycles. The number of halogens is 1. The first-order valence-corrected chi connectivity index (χ1v) is 8.25. The molecule has 1 aliphatic rings. The fraction of sp³-hybridized carbons (Fsp3) is 0.412. The molecule has 1 atom stereocenters. The van der Waals surface area contributed by atoms with Crippen molar-refractivity contribution >= 4 is 17.5 Å². The summed E-state index contributed by atoms with van der Waals surface area (Å²) in [5.41, 5.74) is 1.72. The van der Waals surface area contributed by atoms with Crippen LogP contribution in [0, 0.1) is 0 Å². The lowest BCUT2D eigenvalue weighted by Gasteiger charge is -2.33. The van der Waals surface area contributed by atoms with E-state index >= 15 is 0 Å². The molecule has 0 bridgehead atoms. The number of hydrogen-bond acceptors (Lipinski definition) is 3. The quantitative estimate of drug-likeness (QED) is 0.935. The van der Waals surface area contributed by atoms with Crippen LogP contribution in [0.5, 0.6) is 0 Å². The lowest BCUT2D eigenvalue weighted by atomic mass is 10.0. The number of rotatable bonds is 4. The van der Waals surface area contributed by atoms with Crippen LogP contribution in [-0.2, 0) is 13.6 Å². The highest BCUT2D eigenvalue weighted by atomic mass is 35.5. The monoisotopic (exact) mass is 332 g/mol. The van der Waals surface area contributed by atoms with E-state index in [4.69, 9.17) is 11.6 Å². The summed E-state index contributed by atoms with van der Waals surface area (Å²) >= 11 is 5.93. The smallest absolute Gasteiger partial charge is 0.272 e. The van der Waals surface area contributed by atoms with Gasteiger partial charge in [0, 0.05) is 37.4 Å². The van der Waals surface area contributed by atoms with Crippen molar-refractivity contribution in [2.45, 2.75) is 25.4 Å². The third kappa shape index (κ3) is 4.33. The van der Waals surface area contributed by atoms with Crippen molar-refractivity contribution < 1.29 is 4.79 Å². The van der Waals surface area contributed by atoms with E-state index in [2.05, 4.69) is 27.4 Å². The summed E-state index contributed by atoms with van der Waals surface area (Å²) in [6.45, 7) is 2.80. The average molecular weight is 333 g/mol. The number of hydrogen-bond donors (Lipinski definition) is 1. The Hall–Kier alpha value is -1.85. The number of piperidine rings is 1. The van der Waals surface area contributed by atoms with E-state index in [1.54, 1.807) is 16.9 Å². The number of likely N-dealkylation sites (tertiary alicyclic amines) is 1. The highest BCUT2D eigenvalue weighted by molar-refractivity contribution is 6.30. The number of nitrogens with one attached hydrogen (secondary N) is 1. The number of amides is 1. The second-order valence-corrected chi connectivity index (χ2v) is 6.49. The van der Waals surface area contributed by atoms with Gasteiger partial charge in [-0.1, -0.05) is 23.7 Å². The summed E-state index contributed by atoms with van der Waals surface area (Å²) in [6, 6.07) is 9.86. The van der Waals surface area contributed by atoms with Crippen LogP contribution >= 0.6 is 11.6 Å². The van der Waals surface area contributed by atoms with Crippen molar-refractivity contribution in [2.75, 3.05) is 13.1 Å². The molecule has 1 N–H and O–H groups in total. The predicted molar refractivity (Wildman–Crippen MR) is 90.4 cm³/mol. The molecule has 1 amide bonds. The van der Waals surface area contributed by atoms with Crippen molar-refractivity contribution in [2.24, 2.45) is 7.05 Å². The second kappa shape index (κ2) is 7.15. The second-order valence-electron chi connectivity index (χ2n) is 6.05. The molecule has 1 saturated heterocycles. The summed E-state index contributed by atoms with van der Waals surface area (Å²) in [5, 5.41) is 8.00. The van der Waals surface area contributed by atoms with Crippen LogP contribution in [0.2, 0.25) is 5.02 Å². The molecule has 1 fully saturated rings. The number of carbonyl (C=O) groups is 1. The molecular formula is C17H21ClN4O. The van der Waals surface area contributed by atoms with Gasteiger partial charge in [-0.25, -0.2) is 0 Å². The lowest BCUT2D eigenvalue weighted by molar-refractivity contribution is 0.0895. The Morgan fingerprint density at radius 3 is 2.83 bits per heavy atom. The van der Waals surface area contributed by atoms with Gasteiger partial charge in [-0.2, -0.15) is 5.10 Å². The van der Waals surface area contributed by atoms with Gasteiger partial charge in [0.05, 0.1) is 0 Å². The number of aromatic nitrogens is 2. The van der Waals surface area contributed by atoms with Gasteiger partial charge in [0.1, 0.15) is 5.69 Å². The summed E-state index contributed by atoms with van der Waals surface area (Å²) < 4.78 is 1.64. The standard InChI is InChI=1S/C17H21ClN4O/c1-21-10-8-16(20-21)17(23)19-15-3-2-9-22(12-15)11-13-4-6-14(18)7-5-13/h4-8,10,15H,2-3,9,11-12H2,1H3,(H,19,23). The molecule has 0 aliphatic carbocycles. The van der Waals surface area contributed by atoms with E-state index < -0.39 is 0 Å². The first kappa shape index (κ1) is 16.0. The first-order chi connectivity index (χ1) is 11.1. The molecule has 1 aliphatic heterocycles. The van der Waals surface area contributed by atoms with E-state index in [1.165, 1.54) is 5.56 Å². The maximum absolute atomic E-state index is 12.2. The Labute approximate surface area is 141 Å². The normalized spacial score (nSPS) is 18.8. The molecule has 23 heavy (non-hydrogen) atoms. The van der Waals surface area contributed by atoms with Crippen LogP contribution in [0.4, 0.5) is 0 Å². The van der Waals surface area contributed by atoms with E-state index in [1.807, 2.05) is 19.2 Å². The minimum absolute atomic E-state index is 0.0936. The Balaban J connectivity index is 1.55. The predicted octanol–water partition coefficient (Wildman–Crippen LogP) is 2.47. The summed E-state index contributed by atoms with van der Waals surface area (Å²) in [5.74, 6) is -0.0936. The van der Waals surface area contributed by atoms with Gasteiger partial charge in [-0.15, -0.1) is 0 Å². The maximum atomic E-state index is 12.2. The fourth-order valence-corrected chi connectivity index (χ4v) is 3.09. The lowest BCUT2D eigenvalue weighted by Crippen LogP contribution is -2.47. The van der Waals surface area contributed by atoms with Gasteiger partial charge in [0.15, 0.2) is 0 Å². The van der Waals surface area contributed by atoms with Gasteiger partial charge >= 0.3 is 0 Å². The summed E-state index contributed by atoms with van der Waals surface area (Å²) in [7, 11) is 1.81. The number of benzene rings is 1. The van der Waals surface area contributed by atoms with Gasteiger partial charge in [-0.3, -0.25) is 14.4 Å². The molecule has 3 rings (SSSR count). The SMILES string of the molecule is Cn1ccc(C(=O)NC2CCCN(Cc3ccc(Cl)cc3)C2)n1. The van der Waals surface area contributed by atoms with Gasteiger partial charge < -0.3 is 5.32 Å². The van der Waals surface area contributed by atoms with Crippen LogP contribution in [0.1, 0.15) is 28.9 Å². The maximum Gasteiger partial charge on any atom is 0.272 e. The zero-order valence-corrected chi connectivity index (χ0v) is 14.0. The fourth-order valence-electron chi connectivity index (χ4n) is 2.96. The Morgan fingerprint density at radius 2 is 2.13 bits per heavy atom. The molecule has 0 saturated carbocycles. The number of nitrogens with zero attached hydrogens (tertiary/aromatic N) is 3. The largest absolute Gasteiger partial charge is 0.347 e. The average Bonchev–Trinajstić information content (AvgIpc) is 2.97. The van der Waals surface area contributed by atoms with Crippen LogP contribution in [0.15, 0.2) is 36.5 Å². The Kier molecular flexibility index (Phi) is 4.98. The van der Waals surface area contributed by atoms with Gasteiger partial charge in [-0.05, 0) is 43.1 Å². The number of aryl methyl sites for hydroxylation is 1. The van der Waals surface area contributed by atoms with Crippen LogP contribution in [0.3, 0.4) is 0 Å². The zero-order chi connectivity index (χ0) is 16.2. The molecule has 2 heterocycles. The highest BCUT2D eigenvalue weighted by Gasteiger charge is 2.22. The highest BCUT2D eigenvalue weighted by Crippen LogP contribution is 2.16. The zero-order valence-electron chi connectivity index (χ0n) is 13.2. The van der Waals surface area contributed by atoms with Crippen LogP contribution in [-0.4, -0.2) is 39.7 Å². The Morgan fingerprint density at radius 1 is 1.35 bits per heavy atom. The summed E-state index contributed by atoms with van der Waals surface area (Å²) in [6.07, 6.45) is 3.87. The molecule has 0 spiro atoms. The molecule has 2 aromatic rings. The Bertz CT molecular complexity index is 667. The van der Waals surface area contributed by atoms with Crippen molar-refractivity contribution in [3.8, 4) is 0 Å². The molecule has 1 unspecified atom stereocenters. The molecule has 0 radical (unpaired) electrons. The van der Waals surface area contributed by atoms with Crippen molar-refractivity contribution in [1.29, 1.82) is 0 Å². The third-order valence-electron chi connectivity index (χ3n) is 4.11. The van der Waals surface area contributed by atoms with Gasteiger partial charge in [0.2, 0.25) is 0 Å². The van der Waals surface area contributed by atoms with Crippen LogP contribution < -0.4 is 5.32 Å². The minimum Gasteiger partial charge on any atom is -0.347 e. The first-order valence-electron chi connectivity index (χ1n) is 7.87. The van der Waals surface area contributed by atoms with E-state index in [0.717, 1.165) is 37.5 Å². The van der Waals surface area contributed by atoms with Crippen LogP contribution in [0.25, 0.3) is 0 Å². The topological polar surface area (TPSA) is 50.2 Å². The third-order valence-corrected chi connectivity index (χ3v) is 4.36. The van der Waals surface area contributed by atoms with E-state index in [-0.39, 0.29) is 11.9 Å². The van der Waals surface area contributed by atoms with Crippen molar-refractivity contribution in [3.63, 3.8) is 0 Å². The molecule has 5 nitrogen and oxygen atoms in total. The van der Waals surface area contributed by atoms with Crippen molar-refractivity contribution in [3.05, 3.63) is 52.8 Å².